The van der Waals surface area contributed by atoms with Gasteiger partial charge in [0.2, 0.25) is 0 Å². The minimum absolute atomic E-state index is 0.000172. The lowest BCUT2D eigenvalue weighted by atomic mass is 10.00. The number of amides is 1. The molecule has 172 valence electrons. The number of H-pyrrole nitrogens is 1. The highest BCUT2D eigenvalue weighted by Crippen LogP contribution is 2.26. The van der Waals surface area contributed by atoms with Crippen molar-refractivity contribution < 1.29 is 22.7 Å². The molecule has 0 radical (unpaired) electrons. The van der Waals surface area contributed by atoms with Crippen molar-refractivity contribution in [1.29, 1.82) is 0 Å². The van der Waals surface area contributed by atoms with Crippen LogP contribution in [0.25, 0.3) is 22.2 Å². The van der Waals surface area contributed by atoms with E-state index in [9.17, 15) is 22.8 Å². The van der Waals surface area contributed by atoms with Crippen LogP contribution < -0.4 is 15.7 Å². The van der Waals surface area contributed by atoms with Crippen molar-refractivity contribution in [2.75, 3.05) is 31.0 Å². The summed E-state index contributed by atoms with van der Waals surface area (Å²) in [6.45, 7) is 1.65. The number of nitrogens with zero attached hydrogens (tertiary/aromatic N) is 4. The molecule has 12 nitrogen and oxygen atoms in total. The zero-order valence-corrected chi connectivity index (χ0v) is 18.8. The van der Waals surface area contributed by atoms with Crippen LogP contribution in [0.4, 0.5) is 4.79 Å². The Labute approximate surface area is 183 Å². The molecule has 0 saturated carbocycles. The first-order chi connectivity index (χ1) is 15.1. The largest absolute Gasteiger partial charge is 0.445 e. The number of aromatic nitrogens is 4. The van der Waals surface area contributed by atoms with E-state index in [1.165, 1.54) is 13.2 Å². The number of methoxy groups -OCH3 is 1. The molecule has 3 rings (SSSR count). The predicted molar refractivity (Wildman–Crippen MR) is 117 cm³/mol. The van der Waals surface area contributed by atoms with E-state index in [-0.39, 0.29) is 33.2 Å². The van der Waals surface area contributed by atoms with E-state index in [0.29, 0.717) is 18.2 Å². The molecule has 0 bridgehead atoms. The summed E-state index contributed by atoms with van der Waals surface area (Å²) >= 11 is 0. The summed E-state index contributed by atoms with van der Waals surface area (Å²) < 4.78 is 36.1. The van der Waals surface area contributed by atoms with E-state index in [2.05, 4.69) is 10.1 Å². The molecule has 1 N–H and O–H groups in total. The van der Waals surface area contributed by atoms with E-state index in [4.69, 9.17) is 9.47 Å². The van der Waals surface area contributed by atoms with Crippen molar-refractivity contribution in [3.63, 3.8) is 0 Å². The SMILES string of the molecule is CCc1cc2[nH]c(=O)n(N(C(=O)OCCOC)S(C)(=O)=O)c(=O)c2cc1-c1ccnn1C. The fourth-order valence-corrected chi connectivity index (χ4v) is 4.03. The molecule has 0 saturated heterocycles. The summed E-state index contributed by atoms with van der Waals surface area (Å²) in [5.74, 6) is 0. The molecule has 3 aromatic rings. The number of carbonyl (C=O) groups is 1. The van der Waals surface area contributed by atoms with E-state index in [1.54, 1.807) is 30.1 Å². The third-order valence-corrected chi connectivity index (χ3v) is 5.68. The highest BCUT2D eigenvalue weighted by molar-refractivity contribution is 7.92. The predicted octanol–water partition coefficient (Wildman–Crippen LogP) is 0.333. The quantitative estimate of drug-likeness (QED) is 0.492. The monoisotopic (exact) mass is 465 g/mol. The highest BCUT2D eigenvalue weighted by Gasteiger charge is 2.31. The lowest BCUT2D eigenvalue weighted by Gasteiger charge is -2.21. The molecule has 0 fully saturated rings. The summed E-state index contributed by atoms with van der Waals surface area (Å²) in [7, 11) is -1.29. The smallest absolute Gasteiger partial charge is 0.444 e. The summed E-state index contributed by atoms with van der Waals surface area (Å²) in [5.41, 5.74) is 0.355. The molecule has 0 aliphatic rings. The second kappa shape index (κ2) is 8.96. The molecule has 0 atom stereocenters. The molecule has 0 spiro atoms. The molecule has 2 heterocycles. The maximum atomic E-state index is 13.3. The van der Waals surface area contributed by atoms with Crippen LogP contribution >= 0.6 is 0 Å². The number of hydrogen-bond donors (Lipinski definition) is 1. The van der Waals surface area contributed by atoms with Crippen LogP contribution in [0, 0.1) is 0 Å². The van der Waals surface area contributed by atoms with E-state index in [0.717, 1.165) is 11.3 Å². The van der Waals surface area contributed by atoms with Gasteiger partial charge in [0, 0.05) is 25.9 Å². The number of fused-ring (bicyclic) bond motifs is 1. The summed E-state index contributed by atoms with van der Waals surface area (Å²) in [5, 5.41) is 4.15. The average Bonchev–Trinajstić information content (AvgIpc) is 3.15. The standard InChI is InChI=1S/C19H23N5O7S/c1-5-12-10-15-14(11-13(12)16-6-7-20-22(16)2)17(25)23(18(26)21-15)24(32(4,28)29)19(27)31-9-8-30-3/h6-7,10-11H,5,8-9H2,1-4H3,(H,21,26). The fraction of sp³-hybridized carbons (Fsp3) is 0.368. The Hall–Kier alpha value is -3.45. The van der Waals surface area contributed by atoms with E-state index in [1.807, 2.05) is 6.92 Å². The summed E-state index contributed by atoms with van der Waals surface area (Å²) in [6, 6.07) is 4.95. The van der Waals surface area contributed by atoms with Crippen molar-refractivity contribution in [3.05, 3.63) is 50.8 Å². The van der Waals surface area contributed by atoms with Crippen molar-refractivity contribution in [3.8, 4) is 11.3 Å². The van der Waals surface area contributed by atoms with Gasteiger partial charge in [-0.3, -0.25) is 9.48 Å². The van der Waals surface area contributed by atoms with Crippen molar-refractivity contribution in [2.45, 2.75) is 13.3 Å². The Balaban J connectivity index is 2.28. The number of benzene rings is 1. The van der Waals surface area contributed by atoms with Crippen molar-refractivity contribution in [1.82, 2.24) is 19.4 Å². The van der Waals surface area contributed by atoms with Gasteiger partial charge in [0.15, 0.2) is 0 Å². The lowest BCUT2D eigenvalue weighted by Crippen LogP contribution is -2.56. The van der Waals surface area contributed by atoms with Gasteiger partial charge in [-0.05, 0) is 30.2 Å². The van der Waals surface area contributed by atoms with Crippen LogP contribution in [-0.4, -0.2) is 60.5 Å². The van der Waals surface area contributed by atoms with Gasteiger partial charge in [0.1, 0.15) is 6.61 Å². The lowest BCUT2D eigenvalue weighted by molar-refractivity contribution is 0.102. The minimum atomic E-state index is -4.39. The minimum Gasteiger partial charge on any atom is -0.445 e. The zero-order valence-electron chi connectivity index (χ0n) is 18.0. The number of aryl methyl sites for hydroxylation is 2. The first kappa shape index (κ1) is 23.2. The Kier molecular flexibility index (Phi) is 6.50. The Morgan fingerprint density at radius 3 is 2.53 bits per heavy atom. The van der Waals surface area contributed by atoms with E-state index < -0.39 is 27.4 Å². The van der Waals surface area contributed by atoms with Crippen LogP contribution in [-0.2, 0) is 33.0 Å². The number of nitrogens with one attached hydrogen (secondary N) is 1. The molecule has 1 aromatic carbocycles. The van der Waals surface area contributed by atoms with Crippen LogP contribution in [0.2, 0.25) is 0 Å². The Morgan fingerprint density at radius 1 is 1.25 bits per heavy atom. The van der Waals surface area contributed by atoms with Gasteiger partial charge in [-0.25, -0.2) is 18.0 Å². The molecule has 2 aromatic heterocycles. The number of hydrogen-bond acceptors (Lipinski definition) is 8. The fourth-order valence-electron chi connectivity index (χ4n) is 3.27. The molecule has 32 heavy (non-hydrogen) atoms. The maximum absolute atomic E-state index is 13.3. The van der Waals surface area contributed by atoms with Gasteiger partial charge >= 0.3 is 11.8 Å². The molecule has 13 heteroatoms. The number of rotatable bonds is 7. The summed E-state index contributed by atoms with van der Waals surface area (Å²) in [6.07, 6.45) is 1.48. The first-order valence-corrected chi connectivity index (χ1v) is 11.4. The third-order valence-electron chi connectivity index (χ3n) is 4.74. The van der Waals surface area contributed by atoms with Gasteiger partial charge < -0.3 is 14.5 Å². The normalized spacial score (nSPS) is 11.6. The summed E-state index contributed by atoms with van der Waals surface area (Å²) in [4.78, 5) is 40.9. The van der Waals surface area contributed by atoms with Crippen LogP contribution in [0.5, 0.6) is 0 Å². The Bertz CT molecular complexity index is 1390. The molecular weight excluding hydrogens is 442 g/mol. The van der Waals surface area contributed by atoms with E-state index >= 15 is 0 Å². The van der Waals surface area contributed by atoms with Crippen molar-refractivity contribution >= 4 is 27.0 Å². The zero-order chi connectivity index (χ0) is 23.6. The molecule has 0 aliphatic carbocycles. The number of ether oxygens (including phenoxy) is 2. The van der Waals surface area contributed by atoms with Gasteiger partial charge in [0.05, 0.1) is 29.5 Å². The van der Waals surface area contributed by atoms with Crippen LogP contribution in [0.3, 0.4) is 0 Å². The number of aromatic amines is 1. The maximum Gasteiger partial charge on any atom is 0.444 e. The molecule has 0 aliphatic heterocycles. The van der Waals surface area contributed by atoms with Crippen LogP contribution in [0.1, 0.15) is 12.5 Å². The first-order valence-electron chi connectivity index (χ1n) is 9.56. The van der Waals surface area contributed by atoms with Gasteiger partial charge in [-0.15, -0.1) is 4.68 Å². The average molecular weight is 465 g/mol. The molecule has 1 amide bonds. The van der Waals surface area contributed by atoms with Gasteiger partial charge in [-0.2, -0.15) is 5.10 Å². The third kappa shape index (κ3) is 4.29. The number of sulfonamides is 1. The topological polar surface area (TPSA) is 146 Å². The van der Waals surface area contributed by atoms with Gasteiger partial charge in [-0.1, -0.05) is 11.3 Å². The Morgan fingerprint density at radius 2 is 1.97 bits per heavy atom. The second-order valence-corrected chi connectivity index (χ2v) is 8.72. The molecule has 0 unspecified atom stereocenters. The number of carbonyl (C=O) groups excluding carboxylic acids is 1. The highest BCUT2D eigenvalue weighted by atomic mass is 32.2. The van der Waals surface area contributed by atoms with Crippen LogP contribution in [0.15, 0.2) is 34.0 Å². The molecular formula is C19H23N5O7S. The van der Waals surface area contributed by atoms with Crippen molar-refractivity contribution in [2.24, 2.45) is 7.05 Å². The van der Waals surface area contributed by atoms with Gasteiger partial charge in [0.25, 0.3) is 15.6 Å². The second-order valence-electron chi connectivity index (χ2n) is 6.91.